The molecule has 2 N–H and O–H groups in total. The fraction of sp³-hybridized carbons (Fsp3) is 0.588. The van der Waals surface area contributed by atoms with Crippen LogP contribution in [0, 0.1) is 0 Å². The highest BCUT2D eigenvalue weighted by molar-refractivity contribution is 5.95. The minimum Gasteiger partial charge on any atom is -0.385 e. The summed E-state index contributed by atoms with van der Waals surface area (Å²) >= 11 is 0. The highest BCUT2D eigenvalue weighted by atomic mass is 16.1. The van der Waals surface area contributed by atoms with Gasteiger partial charge in [0.15, 0.2) is 0 Å². The molecule has 1 amide bonds. The van der Waals surface area contributed by atoms with E-state index < -0.39 is 0 Å². The topological polar surface area (TPSA) is 44.4 Å². The van der Waals surface area contributed by atoms with E-state index in [0.29, 0.717) is 0 Å². The number of rotatable bonds is 4. The van der Waals surface area contributed by atoms with Crippen molar-refractivity contribution in [2.75, 3.05) is 32.5 Å². The van der Waals surface area contributed by atoms with Crippen LogP contribution in [-0.4, -0.2) is 43.5 Å². The lowest BCUT2D eigenvalue weighted by atomic mass is 9.75. The van der Waals surface area contributed by atoms with E-state index in [1.165, 1.54) is 30.5 Å². The van der Waals surface area contributed by atoms with Crippen LogP contribution in [0.3, 0.4) is 0 Å². The Bertz CT molecular complexity index is 535. The van der Waals surface area contributed by atoms with Gasteiger partial charge in [-0.2, -0.15) is 0 Å². The van der Waals surface area contributed by atoms with Crippen LogP contribution in [-0.2, 0) is 6.42 Å². The maximum absolute atomic E-state index is 12.4. The predicted octanol–water partition coefficient (Wildman–Crippen LogP) is 2.26. The summed E-state index contributed by atoms with van der Waals surface area (Å²) in [5, 5.41) is 6.51. The first kappa shape index (κ1) is 14.4. The second kappa shape index (κ2) is 5.68. The summed E-state index contributed by atoms with van der Waals surface area (Å²) < 4.78 is 0. The summed E-state index contributed by atoms with van der Waals surface area (Å²) in [7, 11) is 4.21. The van der Waals surface area contributed by atoms with Crippen molar-refractivity contribution in [2.45, 2.75) is 37.6 Å². The standard InChI is InChI=1S/C17H25N3O/c1-20(2)17(8-4-9-17)12-19-16(21)14-6-7-15-13(11-14)5-3-10-18-15/h6-7,11,18H,3-5,8-10,12H2,1-2H3,(H,19,21). The summed E-state index contributed by atoms with van der Waals surface area (Å²) in [6, 6.07) is 6.00. The molecule has 0 bridgehead atoms. The molecule has 0 atom stereocenters. The van der Waals surface area contributed by atoms with E-state index in [2.05, 4.69) is 29.6 Å². The average Bonchev–Trinajstić information content (AvgIpc) is 2.45. The van der Waals surface area contributed by atoms with E-state index in [-0.39, 0.29) is 11.4 Å². The number of anilines is 1. The summed E-state index contributed by atoms with van der Waals surface area (Å²) in [5.41, 5.74) is 3.40. The summed E-state index contributed by atoms with van der Waals surface area (Å²) in [6.07, 6.45) is 5.81. The SMILES string of the molecule is CN(C)C1(CNC(=O)c2ccc3c(c2)CCCN3)CCC1. The van der Waals surface area contributed by atoms with E-state index in [1.807, 2.05) is 18.2 Å². The van der Waals surface area contributed by atoms with Gasteiger partial charge in [-0.1, -0.05) is 0 Å². The number of nitrogens with zero attached hydrogens (tertiary/aromatic N) is 1. The lowest BCUT2D eigenvalue weighted by Crippen LogP contribution is -2.57. The predicted molar refractivity (Wildman–Crippen MR) is 85.9 cm³/mol. The molecule has 0 radical (unpaired) electrons. The van der Waals surface area contributed by atoms with E-state index in [0.717, 1.165) is 31.5 Å². The van der Waals surface area contributed by atoms with Crippen molar-refractivity contribution in [3.05, 3.63) is 29.3 Å². The molecule has 3 rings (SSSR count). The molecular weight excluding hydrogens is 262 g/mol. The molecule has 1 aromatic rings. The number of hydrogen-bond donors (Lipinski definition) is 2. The molecule has 1 heterocycles. The second-order valence-electron chi connectivity index (χ2n) is 6.56. The third-order valence-corrected chi connectivity index (χ3v) is 5.12. The Morgan fingerprint density at radius 2 is 2.14 bits per heavy atom. The molecule has 4 nitrogen and oxygen atoms in total. The number of benzene rings is 1. The molecule has 21 heavy (non-hydrogen) atoms. The number of carbonyl (C=O) groups excluding carboxylic acids is 1. The van der Waals surface area contributed by atoms with Crippen LogP contribution in [0.15, 0.2) is 18.2 Å². The Hall–Kier alpha value is -1.55. The van der Waals surface area contributed by atoms with Gasteiger partial charge < -0.3 is 15.5 Å². The molecule has 2 aliphatic rings. The third kappa shape index (κ3) is 2.77. The Labute approximate surface area is 126 Å². The Balaban J connectivity index is 1.65. The monoisotopic (exact) mass is 287 g/mol. The molecule has 0 spiro atoms. The summed E-state index contributed by atoms with van der Waals surface area (Å²) in [6.45, 7) is 1.78. The molecule has 114 valence electrons. The van der Waals surface area contributed by atoms with Crippen molar-refractivity contribution in [1.29, 1.82) is 0 Å². The quantitative estimate of drug-likeness (QED) is 0.893. The average molecular weight is 287 g/mol. The molecule has 0 unspecified atom stereocenters. The van der Waals surface area contributed by atoms with Crippen LogP contribution in [0.2, 0.25) is 0 Å². The van der Waals surface area contributed by atoms with E-state index >= 15 is 0 Å². The minimum atomic E-state index is 0.0523. The van der Waals surface area contributed by atoms with Gasteiger partial charge in [-0.15, -0.1) is 0 Å². The first-order valence-electron chi connectivity index (χ1n) is 7.93. The highest BCUT2D eigenvalue weighted by Gasteiger charge is 2.39. The van der Waals surface area contributed by atoms with Gasteiger partial charge in [0.1, 0.15) is 0 Å². The lowest BCUT2D eigenvalue weighted by molar-refractivity contribution is 0.0557. The Morgan fingerprint density at radius 3 is 2.81 bits per heavy atom. The van der Waals surface area contributed by atoms with Crippen LogP contribution in [0.5, 0.6) is 0 Å². The van der Waals surface area contributed by atoms with Crippen molar-refractivity contribution in [2.24, 2.45) is 0 Å². The number of amides is 1. The van der Waals surface area contributed by atoms with Gasteiger partial charge in [0.05, 0.1) is 0 Å². The number of likely N-dealkylation sites (N-methyl/N-ethyl adjacent to an activating group) is 1. The number of fused-ring (bicyclic) bond motifs is 1. The van der Waals surface area contributed by atoms with E-state index in [1.54, 1.807) is 0 Å². The maximum atomic E-state index is 12.4. The van der Waals surface area contributed by atoms with Gasteiger partial charge in [-0.05, 0) is 70.0 Å². The summed E-state index contributed by atoms with van der Waals surface area (Å²) in [4.78, 5) is 14.6. The molecule has 0 saturated heterocycles. The van der Waals surface area contributed by atoms with Gasteiger partial charge in [0, 0.05) is 29.9 Å². The van der Waals surface area contributed by atoms with Crippen molar-refractivity contribution < 1.29 is 4.79 Å². The zero-order chi connectivity index (χ0) is 14.9. The molecule has 4 heteroatoms. The first-order valence-corrected chi connectivity index (χ1v) is 7.93. The first-order chi connectivity index (χ1) is 10.1. The van der Waals surface area contributed by atoms with Crippen molar-refractivity contribution >= 4 is 11.6 Å². The largest absolute Gasteiger partial charge is 0.385 e. The number of carbonyl (C=O) groups is 1. The van der Waals surface area contributed by atoms with E-state index in [9.17, 15) is 4.79 Å². The summed E-state index contributed by atoms with van der Waals surface area (Å²) in [5.74, 6) is 0.0523. The third-order valence-electron chi connectivity index (χ3n) is 5.12. The van der Waals surface area contributed by atoms with Crippen molar-refractivity contribution in [3.8, 4) is 0 Å². The van der Waals surface area contributed by atoms with Gasteiger partial charge >= 0.3 is 0 Å². The number of nitrogens with one attached hydrogen (secondary N) is 2. The molecule has 1 fully saturated rings. The zero-order valence-electron chi connectivity index (χ0n) is 13.0. The van der Waals surface area contributed by atoms with Crippen LogP contribution in [0.1, 0.15) is 41.6 Å². The number of aryl methyl sites for hydroxylation is 1. The Kier molecular flexibility index (Phi) is 3.89. The van der Waals surface area contributed by atoms with Crippen LogP contribution < -0.4 is 10.6 Å². The lowest BCUT2D eigenvalue weighted by Gasteiger charge is -2.47. The van der Waals surface area contributed by atoms with Gasteiger partial charge in [-0.3, -0.25) is 4.79 Å². The van der Waals surface area contributed by atoms with Gasteiger partial charge in [0.2, 0.25) is 0 Å². The van der Waals surface area contributed by atoms with Crippen LogP contribution in [0.25, 0.3) is 0 Å². The van der Waals surface area contributed by atoms with Crippen LogP contribution >= 0.6 is 0 Å². The van der Waals surface area contributed by atoms with Crippen molar-refractivity contribution in [1.82, 2.24) is 10.2 Å². The molecular formula is C17H25N3O. The van der Waals surface area contributed by atoms with Crippen molar-refractivity contribution in [3.63, 3.8) is 0 Å². The normalized spacial score (nSPS) is 19.4. The maximum Gasteiger partial charge on any atom is 0.251 e. The molecule has 1 aliphatic heterocycles. The zero-order valence-corrected chi connectivity index (χ0v) is 13.0. The second-order valence-corrected chi connectivity index (χ2v) is 6.56. The highest BCUT2D eigenvalue weighted by Crippen LogP contribution is 2.35. The molecule has 1 saturated carbocycles. The minimum absolute atomic E-state index is 0.0523. The molecule has 0 aromatic heterocycles. The fourth-order valence-corrected chi connectivity index (χ4v) is 3.33. The molecule has 1 aliphatic carbocycles. The fourth-order valence-electron chi connectivity index (χ4n) is 3.33. The van der Waals surface area contributed by atoms with E-state index in [4.69, 9.17) is 0 Å². The van der Waals surface area contributed by atoms with Crippen LogP contribution in [0.4, 0.5) is 5.69 Å². The van der Waals surface area contributed by atoms with Gasteiger partial charge in [0.25, 0.3) is 5.91 Å². The molecule has 1 aromatic carbocycles. The number of hydrogen-bond acceptors (Lipinski definition) is 3. The smallest absolute Gasteiger partial charge is 0.251 e. The Morgan fingerprint density at radius 1 is 1.33 bits per heavy atom. The van der Waals surface area contributed by atoms with Gasteiger partial charge in [-0.25, -0.2) is 0 Å².